The van der Waals surface area contributed by atoms with Gasteiger partial charge in [0.1, 0.15) is 0 Å². The second kappa shape index (κ2) is 6.67. The molecular weight excluding hydrogens is 254 g/mol. The van der Waals surface area contributed by atoms with Crippen molar-refractivity contribution in [2.75, 3.05) is 6.54 Å². The second-order valence-electron chi connectivity index (χ2n) is 5.79. The summed E-state index contributed by atoms with van der Waals surface area (Å²) in [7, 11) is -0.909. The predicted octanol–water partition coefficient (Wildman–Crippen LogP) is 3.21. The first kappa shape index (κ1) is 14.7. The molecule has 1 aliphatic rings. The molecule has 0 saturated heterocycles. The molecule has 0 spiro atoms. The standard InChI is InChI=1S/C16H25NOS/c1-4-17-15-11-12(2)10-13(3)16(15)19(18)14-8-6-5-7-9-14/h5-9,12-13,15-17H,4,10-11H2,1-3H3. The Hall–Kier alpha value is -0.670. The van der Waals surface area contributed by atoms with Gasteiger partial charge in [0.15, 0.2) is 0 Å². The molecule has 0 aliphatic heterocycles. The van der Waals surface area contributed by atoms with Crippen LogP contribution < -0.4 is 5.32 Å². The maximum Gasteiger partial charge on any atom is 0.0579 e. The van der Waals surface area contributed by atoms with Crippen LogP contribution in [-0.2, 0) is 10.8 Å². The van der Waals surface area contributed by atoms with Crippen LogP contribution in [0.5, 0.6) is 0 Å². The third kappa shape index (κ3) is 3.46. The highest BCUT2D eigenvalue weighted by Gasteiger charge is 2.37. The van der Waals surface area contributed by atoms with E-state index in [1.165, 1.54) is 6.42 Å². The number of benzene rings is 1. The predicted molar refractivity (Wildman–Crippen MR) is 81.7 cm³/mol. The van der Waals surface area contributed by atoms with Crippen molar-refractivity contribution >= 4 is 10.8 Å². The Labute approximate surface area is 119 Å². The number of nitrogens with one attached hydrogen (secondary N) is 1. The van der Waals surface area contributed by atoms with Crippen LogP contribution in [0.4, 0.5) is 0 Å². The van der Waals surface area contributed by atoms with Crippen molar-refractivity contribution < 1.29 is 4.21 Å². The summed E-state index contributed by atoms with van der Waals surface area (Å²) in [6.45, 7) is 7.65. The molecule has 1 N–H and O–H groups in total. The number of hydrogen-bond acceptors (Lipinski definition) is 2. The molecule has 0 aromatic heterocycles. The van der Waals surface area contributed by atoms with Gasteiger partial charge in [-0.05, 0) is 43.4 Å². The average molecular weight is 279 g/mol. The first-order valence-electron chi connectivity index (χ1n) is 7.32. The van der Waals surface area contributed by atoms with Gasteiger partial charge in [-0.25, -0.2) is 0 Å². The average Bonchev–Trinajstić information content (AvgIpc) is 2.39. The van der Waals surface area contributed by atoms with Crippen molar-refractivity contribution in [3.8, 4) is 0 Å². The minimum atomic E-state index is -0.909. The molecule has 19 heavy (non-hydrogen) atoms. The smallest absolute Gasteiger partial charge is 0.0579 e. The van der Waals surface area contributed by atoms with E-state index in [1.807, 2.05) is 30.3 Å². The maximum atomic E-state index is 12.9. The fraction of sp³-hybridized carbons (Fsp3) is 0.625. The van der Waals surface area contributed by atoms with E-state index in [1.54, 1.807) is 0 Å². The summed E-state index contributed by atoms with van der Waals surface area (Å²) in [6, 6.07) is 10.3. The van der Waals surface area contributed by atoms with Gasteiger partial charge >= 0.3 is 0 Å². The molecule has 1 fully saturated rings. The van der Waals surface area contributed by atoms with Crippen LogP contribution >= 0.6 is 0 Å². The Morgan fingerprint density at radius 3 is 2.53 bits per heavy atom. The van der Waals surface area contributed by atoms with Crippen LogP contribution in [0.1, 0.15) is 33.6 Å². The summed E-state index contributed by atoms with van der Waals surface area (Å²) < 4.78 is 12.9. The Kier molecular flexibility index (Phi) is 5.17. The van der Waals surface area contributed by atoms with Crippen molar-refractivity contribution in [1.82, 2.24) is 5.32 Å². The zero-order valence-electron chi connectivity index (χ0n) is 12.1. The molecule has 1 saturated carbocycles. The Morgan fingerprint density at radius 1 is 1.21 bits per heavy atom. The van der Waals surface area contributed by atoms with Crippen LogP contribution in [0.15, 0.2) is 35.2 Å². The second-order valence-corrected chi connectivity index (χ2v) is 7.40. The van der Waals surface area contributed by atoms with E-state index in [-0.39, 0.29) is 5.25 Å². The first-order chi connectivity index (χ1) is 9.13. The number of hydrogen-bond donors (Lipinski definition) is 1. The lowest BCUT2D eigenvalue weighted by Crippen LogP contribution is -2.50. The zero-order chi connectivity index (χ0) is 13.8. The highest BCUT2D eigenvalue weighted by Crippen LogP contribution is 2.34. The molecule has 0 heterocycles. The van der Waals surface area contributed by atoms with Gasteiger partial charge in [0.25, 0.3) is 0 Å². The molecule has 1 aromatic carbocycles. The largest absolute Gasteiger partial charge is 0.313 e. The van der Waals surface area contributed by atoms with Crippen molar-refractivity contribution in [1.29, 1.82) is 0 Å². The quantitative estimate of drug-likeness (QED) is 0.917. The molecule has 0 bridgehead atoms. The van der Waals surface area contributed by atoms with Crippen molar-refractivity contribution in [3.05, 3.63) is 30.3 Å². The first-order valence-corrected chi connectivity index (χ1v) is 8.53. The third-order valence-corrected chi connectivity index (χ3v) is 6.10. The van der Waals surface area contributed by atoms with Gasteiger partial charge in [-0.2, -0.15) is 0 Å². The summed E-state index contributed by atoms with van der Waals surface area (Å²) in [6.07, 6.45) is 2.33. The van der Waals surface area contributed by atoms with Crippen molar-refractivity contribution in [2.45, 2.75) is 49.8 Å². The summed E-state index contributed by atoms with van der Waals surface area (Å²) in [5.41, 5.74) is 0. The monoisotopic (exact) mass is 279 g/mol. The van der Waals surface area contributed by atoms with E-state index in [2.05, 4.69) is 26.1 Å². The lowest BCUT2D eigenvalue weighted by Gasteiger charge is -2.39. The molecule has 0 radical (unpaired) electrons. The Balaban J connectivity index is 2.21. The molecule has 0 amide bonds. The summed E-state index contributed by atoms with van der Waals surface area (Å²) in [5.74, 6) is 1.23. The van der Waals surface area contributed by atoms with Crippen LogP contribution in [0.25, 0.3) is 0 Å². The van der Waals surface area contributed by atoms with Crippen LogP contribution in [0, 0.1) is 11.8 Å². The van der Waals surface area contributed by atoms with E-state index in [9.17, 15) is 4.21 Å². The highest BCUT2D eigenvalue weighted by molar-refractivity contribution is 7.85. The van der Waals surface area contributed by atoms with Crippen LogP contribution in [0.3, 0.4) is 0 Å². The van der Waals surface area contributed by atoms with Gasteiger partial charge < -0.3 is 5.32 Å². The minimum Gasteiger partial charge on any atom is -0.313 e. The highest BCUT2D eigenvalue weighted by atomic mass is 32.2. The Morgan fingerprint density at radius 2 is 1.89 bits per heavy atom. The van der Waals surface area contributed by atoms with Gasteiger partial charge in [0.05, 0.1) is 16.0 Å². The molecule has 3 heteroatoms. The lowest BCUT2D eigenvalue weighted by molar-refractivity contribution is 0.248. The van der Waals surface area contributed by atoms with Gasteiger partial charge in [-0.15, -0.1) is 0 Å². The van der Waals surface area contributed by atoms with Gasteiger partial charge in [0, 0.05) is 10.9 Å². The normalized spacial score (nSPS) is 33.0. The lowest BCUT2D eigenvalue weighted by atomic mass is 9.80. The van der Waals surface area contributed by atoms with Crippen molar-refractivity contribution in [2.24, 2.45) is 11.8 Å². The van der Waals surface area contributed by atoms with Crippen LogP contribution in [0.2, 0.25) is 0 Å². The fourth-order valence-electron chi connectivity index (χ4n) is 3.36. The van der Waals surface area contributed by atoms with Crippen LogP contribution in [-0.4, -0.2) is 22.0 Å². The zero-order valence-corrected chi connectivity index (χ0v) is 13.0. The van der Waals surface area contributed by atoms with E-state index in [0.29, 0.717) is 12.0 Å². The van der Waals surface area contributed by atoms with E-state index in [4.69, 9.17) is 0 Å². The third-order valence-electron chi connectivity index (χ3n) is 4.08. The summed E-state index contributed by atoms with van der Waals surface area (Å²) >= 11 is 0. The topological polar surface area (TPSA) is 29.1 Å². The maximum absolute atomic E-state index is 12.9. The molecule has 2 rings (SSSR count). The molecule has 1 aromatic rings. The molecular formula is C16H25NOS. The minimum absolute atomic E-state index is 0.235. The van der Waals surface area contributed by atoms with E-state index >= 15 is 0 Å². The van der Waals surface area contributed by atoms with E-state index in [0.717, 1.165) is 23.8 Å². The fourth-order valence-corrected chi connectivity index (χ4v) is 5.14. The summed E-state index contributed by atoms with van der Waals surface area (Å²) in [4.78, 5) is 0.969. The molecule has 1 aliphatic carbocycles. The Bertz CT molecular complexity index is 420. The molecule has 5 unspecified atom stereocenters. The summed E-state index contributed by atoms with van der Waals surface area (Å²) in [5, 5.41) is 3.79. The van der Waals surface area contributed by atoms with Gasteiger partial charge in [0.2, 0.25) is 0 Å². The van der Waals surface area contributed by atoms with Crippen molar-refractivity contribution in [3.63, 3.8) is 0 Å². The van der Waals surface area contributed by atoms with Gasteiger partial charge in [-0.3, -0.25) is 4.21 Å². The van der Waals surface area contributed by atoms with Gasteiger partial charge in [-0.1, -0.05) is 39.0 Å². The number of rotatable bonds is 4. The molecule has 106 valence electrons. The molecule has 5 atom stereocenters. The SMILES string of the molecule is CCNC1CC(C)CC(C)C1S(=O)c1ccccc1. The van der Waals surface area contributed by atoms with E-state index < -0.39 is 10.8 Å². The molecule has 2 nitrogen and oxygen atoms in total.